The normalized spacial score (nSPS) is 33.7. The number of H-pyrrole nitrogens is 1. The summed E-state index contributed by atoms with van der Waals surface area (Å²) in [6.07, 6.45) is 1.07. The van der Waals surface area contributed by atoms with E-state index in [-0.39, 0.29) is 19.1 Å². The summed E-state index contributed by atoms with van der Waals surface area (Å²) in [4.78, 5) is 24.9. The number of rotatable bonds is 2. The summed E-state index contributed by atoms with van der Waals surface area (Å²) in [7, 11) is 0. The number of nitrogens with one attached hydrogen (secondary N) is 1. The average Bonchev–Trinajstić information content (AvgIpc) is 2.96. The highest BCUT2D eigenvalue weighted by molar-refractivity contribution is 5.89. The monoisotopic (exact) mass is 315 g/mol. The Bertz CT molecular complexity index is 664. The van der Waals surface area contributed by atoms with Crippen LogP contribution in [0, 0.1) is 11.3 Å². The number of amides is 1. The molecule has 4 rings (SSSR count). The second kappa shape index (κ2) is 4.37. The van der Waals surface area contributed by atoms with Crippen molar-refractivity contribution < 1.29 is 22.7 Å². The van der Waals surface area contributed by atoms with Crippen LogP contribution < -0.4 is 5.76 Å². The number of aromatic nitrogens is 2. The topological polar surface area (TPSA) is 88.4 Å². The molecule has 1 aromatic rings. The minimum Gasteiger partial charge on any atom is -0.392 e. The van der Waals surface area contributed by atoms with Crippen LogP contribution in [-0.4, -0.2) is 53.2 Å². The van der Waals surface area contributed by atoms with Gasteiger partial charge in [0.2, 0.25) is 11.8 Å². The molecule has 1 amide bonds. The zero-order chi connectivity index (χ0) is 15.5. The number of likely N-dealkylation sites (tertiary alicyclic amines) is 1. The third-order valence-corrected chi connectivity index (χ3v) is 5.13. The van der Waals surface area contributed by atoms with Gasteiger partial charge in [-0.05, 0) is 12.8 Å². The first-order chi connectivity index (χ1) is 10.5. The predicted molar refractivity (Wildman–Crippen MR) is 67.4 cm³/mol. The van der Waals surface area contributed by atoms with Crippen molar-refractivity contribution in [1.82, 2.24) is 15.1 Å². The van der Waals surface area contributed by atoms with Gasteiger partial charge in [0, 0.05) is 19.0 Å². The molecule has 0 radical (unpaired) electrons. The van der Waals surface area contributed by atoms with Crippen molar-refractivity contribution in [2.24, 2.45) is 11.3 Å². The van der Waals surface area contributed by atoms with E-state index in [0.717, 1.165) is 0 Å². The van der Waals surface area contributed by atoms with Crippen LogP contribution in [0.4, 0.5) is 8.78 Å². The molecule has 2 atom stereocenters. The van der Waals surface area contributed by atoms with Crippen LogP contribution >= 0.6 is 0 Å². The molecule has 3 aliphatic rings. The van der Waals surface area contributed by atoms with Gasteiger partial charge in [0.15, 0.2) is 0 Å². The highest BCUT2D eigenvalue weighted by Gasteiger charge is 2.87. The van der Waals surface area contributed by atoms with Crippen LogP contribution in [0.3, 0.4) is 0 Å². The Hall–Kier alpha value is -1.77. The SMILES string of the molecule is O=C(N1CCC(c2n[nH]c(=O)o2)CC1)[C@]12COC[C@H]1C2(F)F. The number of carbonyl (C=O) groups is 1. The number of hydrogen-bond donors (Lipinski definition) is 1. The van der Waals surface area contributed by atoms with Gasteiger partial charge < -0.3 is 14.1 Å². The molecule has 1 saturated carbocycles. The van der Waals surface area contributed by atoms with Crippen molar-refractivity contribution in [3.8, 4) is 0 Å². The Balaban J connectivity index is 1.44. The van der Waals surface area contributed by atoms with Gasteiger partial charge >= 0.3 is 5.76 Å². The summed E-state index contributed by atoms with van der Waals surface area (Å²) in [6, 6.07) is 0. The molecule has 0 spiro atoms. The fourth-order valence-corrected chi connectivity index (χ4v) is 3.70. The van der Waals surface area contributed by atoms with Gasteiger partial charge in [-0.1, -0.05) is 0 Å². The number of fused-ring (bicyclic) bond motifs is 1. The van der Waals surface area contributed by atoms with Gasteiger partial charge in [-0.15, -0.1) is 5.10 Å². The van der Waals surface area contributed by atoms with Gasteiger partial charge in [0.25, 0.3) is 5.92 Å². The Morgan fingerprint density at radius 2 is 2.09 bits per heavy atom. The fraction of sp³-hybridized carbons (Fsp3) is 0.769. The first-order valence-corrected chi connectivity index (χ1v) is 7.27. The van der Waals surface area contributed by atoms with Crippen molar-refractivity contribution in [2.45, 2.75) is 24.7 Å². The minimum atomic E-state index is -2.95. The molecule has 9 heteroatoms. The lowest BCUT2D eigenvalue weighted by Gasteiger charge is -2.32. The second-order valence-electron chi connectivity index (χ2n) is 6.18. The summed E-state index contributed by atoms with van der Waals surface area (Å²) in [5, 5.41) is 5.98. The lowest BCUT2D eigenvalue weighted by molar-refractivity contribution is -0.144. The molecule has 0 bridgehead atoms. The number of halogens is 2. The first kappa shape index (κ1) is 13.9. The van der Waals surface area contributed by atoms with Crippen molar-refractivity contribution >= 4 is 5.91 Å². The maximum atomic E-state index is 13.9. The Morgan fingerprint density at radius 3 is 2.64 bits per heavy atom. The molecule has 1 aromatic heterocycles. The van der Waals surface area contributed by atoms with Gasteiger partial charge in [-0.3, -0.25) is 4.79 Å². The van der Waals surface area contributed by atoms with E-state index in [0.29, 0.717) is 31.8 Å². The molecule has 3 heterocycles. The van der Waals surface area contributed by atoms with E-state index in [2.05, 4.69) is 10.2 Å². The summed E-state index contributed by atoms with van der Waals surface area (Å²) >= 11 is 0. The number of nitrogens with zero attached hydrogens (tertiary/aromatic N) is 2. The smallest absolute Gasteiger partial charge is 0.392 e. The van der Waals surface area contributed by atoms with Crippen LogP contribution in [0.2, 0.25) is 0 Å². The highest BCUT2D eigenvalue weighted by Crippen LogP contribution is 2.69. The van der Waals surface area contributed by atoms with E-state index in [1.165, 1.54) is 4.90 Å². The van der Waals surface area contributed by atoms with Crippen LogP contribution in [0.25, 0.3) is 0 Å². The second-order valence-corrected chi connectivity index (χ2v) is 6.18. The fourth-order valence-electron chi connectivity index (χ4n) is 3.70. The van der Waals surface area contributed by atoms with Crippen molar-refractivity contribution in [1.29, 1.82) is 0 Å². The summed E-state index contributed by atoms with van der Waals surface area (Å²) in [6.45, 7) is 0.459. The Morgan fingerprint density at radius 1 is 1.36 bits per heavy atom. The Kier molecular flexibility index (Phi) is 2.76. The van der Waals surface area contributed by atoms with E-state index >= 15 is 0 Å². The van der Waals surface area contributed by atoms with E-state index < -0.39 is 28.9 Å². The molecular formula is C13H15F2N3O4. The van der Waals surface area contributed by atoms with Crippen molar-refractivity contribution in [3.63, 3.8) is 0 Å². The standard InChI is InChI=1S/C13H15F2N3O4/c14-13(15)8-5-21-6-12(8,13)10(19)18-3-1-7(2-4-18)9-16-17-11(20)22-9/h7-8H,1-6H2,(H,17,20)/t8-,12+/m1/s1. The number of carbonyl (C=O) groups excluding carboxylic acids is 1. The molecule has 0 unspecified atom stereocenters. The molecule has 22 heavy (non-hydrogen) atoms. The number of alkyl halides is 2. The molecule has 0 aromatic carbocycles. The van der Waals surface area contributed by atoms with Gasteiger partial charge in [-0.2, -0.15) is 0 Å². The number of ether oxygens (including phenoxy) is 1. The maximum Gasteiger partial charge on any atom is 0.434 e. The first-order valence-electron chi connectivity index (χ1n) is 7.27. The summed E-state index contributed by atoms with van der Waals surface area (Å²) < 4.78 is 37.7. The molecule has 7 nitrogen and oxygen atoms in total. The summed E-state index contributed by atoms with van der Waals surface area (Å²) in [5.74, 6) is -4.81. The zero-order valence-electron chi connectivity index (χ0n) is 11.7. The van der Waals surface area contributed by atoms with Gasteiger partial charge in [0.05, 0.1) is 19.1 Å². The highest BCUT2D eigenvalue weighted by atomic mass is 19.3. The maximum absolute atomic E-state index is 13.9. The van der Waals surface area contributed by atoms with Crippen LogP contribution in [0.15, 0.2) is 9.21 Å². The van der Waals surface area contributed by atoms with E-state index in [1.54, 1.807) is 0 Å². The molecule has 1 N–H and O–H groups in total. The van der Waals surface area contributed by atoms with Gasteiger partial charge in [-0.25, -0.2) is 18.7 Å². The number of piperidine rings is 1. The lowest BCUT2D eigenvalue weighted by atomic mass is 9.94. The molecule has 3 fully saturated rings. The van der Waals surface area contributed by atoms with E-state index in [9.17, 15) is 18.4 Å². The number of aromatic amines is 1. The molecule has 2 aliphatic heterocycles. The largest absolute Gasteiger partial charge is 0.434 e. The molecular weight excluding hydrogens is 300 g/mol. The lowest BCUT2D eigenvalue weighted by Crippen LogP contribution is -2.45. The zero-order valence-corrected chi connectivity index (χ0v) is 11.7. The van der Waals surface area contributed by atoms with Crippen molar-refractivity contribution in [2.75, 3.05) is 26.3 Å². The predicted octanol–water partition coefficient (Wildman–Crippen LogP) is 0.351. The van der Waals surface area contributed by atoms with Crippen LogP contribution in [0.1, 0.15) is 24.7 Å². The average molecular weight is 315 g/mol. The minimum absolute atomic E-state index is 0.0480. The molecule has 1 aliphatic carbocycles. The quantitative estimate of drug-likeness (QED) is 0.851. The third kappa shape index (κ3) is 1.65. The van der Waals surface area contributed by atoms with Crippen LogP contribution in [0.5, 0.6) is 0 Å². The van der Waals surface area contributed by atoms with E-state index in [4.69, 9.17) is 9.15 Å². The van der Waals surface area contributed by atoms with Crippen LogP contribution in [-0.2, 0) is 9.53 Å². The van der Waals surface area contributed by atoms with E-state index in [1.807, 2.05) is 0 Å². The summed E-state index contributed by atoms with van der Waals surface area (Å²) in [5.41, 5.74) is -1.64. The molecule has 2 saturated heterocycles. The number of hydrogen-bond acceptors (Lipinski definition) is 5. The van der Waals surface area contributed by atoms with Gasteiger partial charge in [0.1, 0.15) is 5.41 Å². The third-order valence-electron chi connectivity index (χ3n) is 5.13. The van der Waals surface area contributed by atoms with Crippen molar-refractivity contribution in [3.05, 3.63) is 16.4 Å². The Labute approximate surface area is 123 Å². The molecule has 120 valence electrons.